The molecule has 0 unspecified atom stereocenters. The minimum absolute atomic E-state index is 0.0264. The normalized spacial score (nSPS) is 12.5. The zero-order valence-corrected chi connectivity index (χ0v) is 16.6. The molecular weight excluding hydrogens is 381 g/mol. The number of nitrogens with zero attached hydrogens (tertiary/aromatic N) is 2. The second kappa shape index (κ2) is 7.54. The third kappa shape index (κ3) is 4.78. The van der Waals surface area contributed by atoms with Crippen LogP contribution < -0.4 is 5.43 Å². The monoisotopic (exact) mass is 404 g/mol. The third-order valence-corrected chi connectivity index (χ3v) is 4.56. The van der Waals surface area contributed by atoms with E-state index >= 15 is 0 Å². The highest BCUT2D eigenvalue weighted by atomic mass is 19.4. The molecular formula is C22H23F3N2O2. The first-order valence-corrected chi connectivity index (χ1v) is 9.31. The molecule has 1 aromatic heterocycles. The summed E-state index contributed by atoms with van der Waals surface area (Å²) in [4.78, 5) is 26.6. The van der Waals surface area contributed by atoms with Crippen molar-refractivity contribution in [3.05, 3.63) is 58.8 Å². The Balaban J connectivity index is 2.10. The molecule has 3 aromatic rings. The number of amides is 1. The lowest BCUT2D eigenvalue weighted by molar-refractivity contribution is -0.163. The maximum absolute atomic E-state index is 13.1. The van der Waals surface area contributed by atoms with E-state index in [1.165, 1.54) is 0 Å². The molecule has 0 fully saturated rings. The molecule has 0 aliphatic rings. The fourth-order valence-electron chi connectivity index (χ4n) is 3.50. The number of pyridine rings is 1. The SMILES string of the molecule is CC(C)(C)CN(CC(F)(F)F)C(=O)Cn1c2ccccc2c(=O)c2ccccc21. The van der Waals surface area contributed by atoms with Gasteiger partial charge in [0, 0.05) is 17.3 Å². The first-order valence-electron chi connectivity index (χ1n) is 9.31. The van der Waals surface area contributed by atoms with Crippen molar-refractivity contribution in [3.8, 4) is 0 Å². The third-order valence-electron chi connectivity index (χ3n) is 4.56. The molecule has 3 rings (SSSR count). The molecule has 0 saturated heterocycles. The number of carbonyl (C=O) groups excluding carboxylic acids is 1. The Morgan fingerprint density at radius 2 is 1.38 bits per heavy atom. The van der Waals surface area contributed by atoms with Crippen molar-refractivity contribution in [1.29, 1.82) is 0 Å². The molecule has 7 heteroatoms. The lowest BCUT2D eigenvalue weighted by atomic mass is 9.96. The van der Waals surface area contributed by atoms with Gasteiger partial charge in [0.05, 0.1) is 11.0 Å². The van der Waals surface area contributed by atoms with Crippen molar-refractivity contribution in [1.82, 2.24) is 9.47 Å². The van der Waals surface area contributed by atoms with Crippen LogP contribution in [-0.2, 0) is 11.3 Å². The van der Waals surface area contributed by atoms with Gasteiger partial charge in [-0.05, 0) is 29.7 Å². The van der Waals surface area contributed by atoms with Crippen molar-refractivity contribution in [2.75, 3.05) is 13.1 Å². The van der Waals surface area contributed by atoms with Crippen LogP contribution >= 0.6 is 0 Å². The number of aromatic nitrogens is 1. The average Bonchev–Trinajstić information content (AvgIpc) is 2.62. The number of alkyl halides is 3. The van der Waals surface area contributed by atoms with E-state index in [0.29, 0.717) is 21.8 Å². The predicted molar refractivity (Wildman–Crippen MR) is 108 cm³/mol. The highest BCUT2D eigenvalue weighted by Gasteiger charge is 2.34. The van der Waals surface area contributed by atoms with Gasteiger partial charge < -0.3 is 9.47 Å². The lowest BCUT2D eigenvalue weighted by Gasteiger charge is -2.31. The van der Waals surface area contributed by atoms with Crippen molar-refractivity contribution >= 4 is 27.7 Å². The summed E-state index contributed by atoms with van der Waals surface area (Å²) in [5, 5.41) is 0.856. The Morgan fingerprint density at radius 3 is 1.83 bits per heavy atom. The molecule has 1 amide bonds. The molecule has 0 atom stereocenters. The number of fused-ring (bicyclic) bond motifs is 2. The molecule has 1 heterocycles. The second-order valence-corrected chi connectivity index (χ2v) is 8.38. The number of para-hydroxylation sites is 2. The summed E-state index contributed by atoms with van der Waals surface area (Å²) >= 11 is 0. The Morgan fingerprint density at radius 1 is 0.897 bits per heavy atom. The van der Waals surface area contributed by atoms with Crippen molar-refractivity contribution in [2.45, 2.75) is 33.5 Å². The summed E-state index contributed by atoms with van der Waals surface area (Å²) in [6.07, 6.45) is -4.49. The van der Waals surface area contributed by atoms with Crippen molar-refractivity contribution in [2.24, 2.45) is 5.41 Å². The smallest absolute Gasteiger partial charge is 0.332 e. The predicted octanol–water partition coefficient (Wildman–Crippen LogP) is 4.59. The molecule has 0 saturated carbocycles. The van der Waals surface area contributed by atoms with E-state index < -0.39 is 24.0 Å². The van der Waals surface area contributed by atoms with E-state index in [2.05, 4.69) is 0 Å². The Bertz CT molecular complexity index is 1030. The fourth-order valence-corrected chi connectivity index (χ4v) is 3.50. The largest absolute Gasteiger partial charge is 0.406 e. The zero-order chi connectivity index (χ0) is 21.4. The van der Waals surface area contributed by atoms with Gasteiger partial charge >= 0.3 is 6.18 Å². The van der Waals surface area contributed by atoms with Gasteiger partial charge in [-0.2, -0.15) is 13.2 Å². The lowest BCUT2D eigenvalue weighted by Crippen LogP contribution is -2.44. The second-order valence-electron chi connectivity index (χ2n) is 8.38. The van der Waals surface area contributed by atoms with Crippen LogP contribution in [0.2, 0.25) is 0 Å². The van der Waals surface area contributed by atoms with Crippen molar-refractivity contribution in [3.63, 3.8) is 0 Å². The minimum Gasteiger partial charge on any atom is -0.332 e. The van der Waals surface area contributed by atoms with Crippen LogP contribution in [0.25, 0.3) is 21.8 Å². The van der Waals surface area contributed by atoms with Crippen LogP contribution in [0, 0.1) is 5.41 Å². The number of benzene rings is 2. The molecule has 0 spiro atoms. The topological polar surface area (TPSA) is 42.3 Å². The van der Waals surface area contributed by atoms with Crippen LogP contribution in [-0.4, -0.2) is 34.6 Å². The molecule has 29 heavy (non-hydrogen) atoms. The Labute approximate surface area is 166 Å². The maximum atomic E-state index is 13.1. The van der Waals surface area contributed by atoms with E-state index in [4.69, 9.17) is 0 Å². The van der Waals surface area contributed by atoms with Crippen molar-refractivity contribution < 1.29 is 18.0 Å². The summed E-state index contributed by atoms with van der Waals surface area (Å²) in [6, 6.07) is 13.6. The molecule has 154 valence electrons. The van der Waals surface area contributed by atoms with E-state index in [9.17, 15) is 22.8 Å². The molecule has 2 aromatic carbocycles. The molecule has 4 nitrogen and oxygen atoms in total. The van der Waals surface area contributed by atoms with Gasteiger partial charge in [-0.3, -0.25) is 9.59 Å². The standard InChI is InChI=1S/C22H23F3N2O2/c1-21(2,3)13-26(14-22(23,24)25)19(28)12-27-17-10-6-4-8-15(17)20(29)16-9-5-7-11-18(16)27/h4-11H,12-14H2,1-3H3. The van der Waals surface area contributed by atoms with Crippen LogP contribution in [0.4, 0.5) is 13.2 Å². The Hall–Kier alpha value is -2.83. The number of carbonyl (C=O) groups is 1. The molecule has 0 aliphatic carbocycles. The van der Waals surface area contributed by atoms with Crippen LogP contribution in [0.1, 0.15) is 20.8 Å². The first kappa shape index (κ1) is 20.9. The summed E-state index contributed by atoms with van der Waals surface area (Å²) in [6.45, 7) is 3.74. The molecule has 0 aliphatic heterocycles. The van der Waals surface area contributed by atoms with Gasteiger partial charge in [-0.1, -0.05) is 45.0 Å². The highest BCUT2D eigenvalue weighted by molar-refractivity contribution is 5.94. The fraction of sp³-hybridized carbons (Fsp3) is 0.364. The van der Waals surface area contributed by atoms with Crippen LogP contribution in [0.15, 0.2) is 53.3 Å². The van der Waals surface area contributed by atoms with Gasteiger partial charge in [-0.15, -0.1) is 0 Å². The number of rotatable bonds is 4. The molecule has 0 bridgehead atoms. The van der Waals surface area contributed by atoms with Crippen LogP contribution in [0.3, 0.4) is 0 Å². The summed E-state index contributed by atoms with van der Waals surface area (Å²) in [5.41, 5.74) is 0.385. The summed E-state index contributed by atoms with van der Waals surface area (Å²) < 4.78 is 40.9. The van der Waals surface area contributed by atoms with E-state index in [-0.39, 0.29) is 18.5 Å². The Kier molecular flexibility index (Phi) is 5.43. The van der Waals surface area contributed by atoms with Gasteiger partial charge in [0.1, 0.15) is 13.1 Å². The minimum atomic E-state index is -4.49. The average molecular weight is 404 g/mol. The molecule has 0 radical (unpaired) electrons. The van der Waals surface area contributed by atoms with Gasteiger partial charge in [-0.25, -0.2) is 0 Å². The van der Waals surface area contributed by atoms with Crippen LogP contribution in [0.5, 0.6) is 0 Å². The summed E-state index contributed by atoms with van der Waals surface area (Å²) in [7, 11) is 0. The number of hydrogen-bond acceptors (Lipinski definition) is 2. The molecule has 0 N–H and O–H groups in total. The van der Waals surface area contributed by atoms with E-state index in [0.717, 1.165) is 4.90 Å². The van der Waals surface area contributed by atoms with Gasteiger partial charge in [0.15, 0.2) is 5.43 Å². The van der Waals surface area contributed by atoms with Gasteiger partial charge in [0.25, 0.3) is 0 Å². The maximum Gasteiger partial charge on any atom is 0.406 e. The van der Waals surface area contributed by atoms with E-state index in [1.807, 2.05) is 0 Å². The quantitative estimate of drug-likeness (QED) is 0.597. The summed E-state index contributed by atoms with van der Waals surface area (Å²) in [5.74, 6) is -0.642. The van der Waals surface area contributed by atoms with Gasteiger partial charge in [0.2, 0.25) is 5.91 Å². The van der Waals surface area contributed by atoms with E-state index in [1.54, 1.807) is 73.9 Å². The first-order chi connectivity index (χ1) is 13.5. The number of hydrogen-bond donors (Lipinski definition) is 0. The zero-order valence-electron chi connectivity index (χ0n) is 16.6. The number of halogens is 3. The highest BCUT2D eigenvalue weighted by Crippen LogP contribution is 2.23.